The summed E-state index contributed by atoms with van der Waals surface area (Å²) in [5.74, 6) is 2.08. The molecule has 1 saturated heterocycles. The van der Waals surface area contributed by atoms with Gasteiger partial charge in [0.05, 0.1) is 11.2 Å². The van der Waals surface area contributed by atoms with Gasteiger partial charge in [0.1, 0.15) is 0 Å². The molecule has 0 bridgehead atoms. The SMILES string of the molecule is CCCCC/C=C\CC1(/C=C/C(=O)OC)SCCCS1. The monoisotopic (exact) mass is 314 g/mol. The number of unbranched alkanes of at least 4 members (excludes halogenated alkanes) is 3. The van der Waals surface area contributed by atoms with E-state index in [2.05, 4.69) is 19.1 Å². The molecule has 1 aliphatic heterocycles. The van der Waals surface area contributed by atoms with Crippen molar-refractivity contribution in [3.05, 3.63) is 24.3 Å². The van der Waals surface area contributed by atoms with Crippen LogP contribution in [0.1, 0.15) is 45.4 Å². The summed E-state index contributed by atoms with van der Waals surface area (Å²) in [6.07, 6.45) is 15.4. The number of esters is 1. The summed E-state index contributed by atoms with van der Waals surface area (Å²) < 4.78 is 4.72. The second-order valence-corrected chi connectivity index (χ2v) is 8.00. The van der Waals surface area contributed by atoms with Crippen molar-refractivity contribution >= 4 is 29.5 Å². The minimum Gasteiger partial charge on any atom is -0.466 e. The fourth-order valence-corrected chi connectivity index (χ4v) is 5.05. The fourth-order valence-electron chi connectivity index (χ4n) is 2.01. The van der Waals surface area contributed by atoms with Crippen LogP contribution in [-0.4, -0.2) is 28.7 Å². The average molecular weight is 315 g/mol. The Morgan fingerprint density at radius 3 is 2.65 bits per heavy atom. The van der Waals surface area contributed by atoms with Gasteiger partial charge in [-0.15, -0.1) is 23.5 Å². The van der Waals surface area contributed by atoms with E-state index < -0.39 is 0 Å². The van der Waals surface area contributed by atoms with Crippen molar-refractivity contribution in [2.24, 2.45) is 0 Å². The molecule has 20 heavy (non-hydrogen) atoms. The number of hydrogen-bond acceptors (Lipinski definition) is 4. The molecule has 0 spiro atoms. The van der Waals surface area contributed by atoms with Gasteiger partial charge in [0.25, 0.3) is 0 Å². The van der Waals surface area contributed by atoms with E-state index in [1.54, 1.807) is 6.08 Å². The number of rotatable bonds is 8. The van der Waals surface area contributed by atoms with Crippen molar-refractivity contribution in [3.63, 3.8) is 0 Å². The first kappa shape index (κ1) is 17.7. The highest BCUT2D eigenvalue weighted by Crippen LogP contribution is 2.46. The standard InChI is InChI=1S/C16H26O2S2/c1-3-4-5-6-7-8-11-16(12-10-15(17)18-2)19-13-9-14-20-16/h7-8,10,12H,3-6,9,11,13-14H2,1-2H3/b8-7-,12-10+. The zero-order chi connectivity index (χ0) is 14.7. The maximum atomic E-state index is 11.3. The lowest BCUT2D eigenvalue weighted by Crippen LogP contribution is -2.22. The molecule has 0 aromatic heterocycles. The van der Waals surface area contributed by atoms with Crippen LogP contribution in [0.15, 0.2) is 24.3 Å². The van der Waals surface area contributed by atoms with E-state index in [0.29, 0.717) is 0 Å². The minimum atomic E-state index is -0.261. The highest BCUT2D eigenvalue weighted by Gasteiger charge is 2.29. The van der Waals surface area contributed by atoms with Crippen LogP contribution in [-0.2, 0) is 9.53 Å². The average Bonchev–Trinajstić information content (AvgIpc) is 2.49. The number of ether oxygens (including phenoxy) is 1. The lowest BCUT2D eigenvalue weighted by Gasteiger charge is -2.32. The van der Waals surface area contributed by atoms with Crippen molar-refractivity contribution in [1.29, 1.82) is 0 Å². The zero-order valence-electron chi connectivity index (χ0n) is 12.6. The molecule has 4 heteroatoms. The maximum Gasteiger partial charge on any atom is 0.330 e. The van der Waals surface area contributed by atoms with Gasteiger partial charge in [-0.05, 0) is 37.2 Å². The third-order valence-corrected chi connectivity index (χ3v) is 6.47. The second-order valence-electron chi connectivity index (χ2n) is 4.89. The van der Waals surface area contributed by atoms with Crippen LogP contribution in [0.3, 0.4) is 0 Å². The molecule has 0 saturated carbocycles. The molecular formula is C16H26O2S2. The molecule has 0 unspecified atom stereocenters. The number of allylic oxidation sites excluding steroid dienone is 2. The van der Waals surface area contributed by atoms with Crippen molar-refractivity contribution in [3.8, 4) is 0 Å². The summed E-state index contributed by atoms with van der Waals surface area (Å²) in [6, 6.07) is 0. The van der Waals surface area contributed by atoms with E-state index in [0.717, 1.165) is 6.42 Å². The Labute approximate surface area is 131 Å². The number of carbonyl (C=O) groups excluding carboxylic acids is 1. The van der Waals surface area contributed by atoms with Crippen LogP contribution in [0.5, 0.6) is 0 Å². The highest BCUT2D eigenvalue weighted by molar-refractivity contribution is 8.19. The number of hydrogen-bond donors (Lipinski definition) is 0. The van der Waals surface area contributed by atoms with E-state index in [-0.39, 0.29) is 10.0 Å². The van der Waals surface area contributed by atoms with Gasteiger partial charge in [0, 0.05) is 6.08 Å². The van der Waals surface area contributed by atoms with E-state index in [1.165, 1.54) is 50.7 Å². The Morgan fingerprint density at radius 1 is 1.25 bits per heavy atom. The van der Waals surface area contributed by atoms with Crippen LogP contribution >= 0.6 is 23.5 Å². The largest absolute Gasteiger partial charge is 0.466 e. The summed E-state index contributed by atoms with van der Waals surface area (Å²) in [5, 5.41) is 0. The second kappa shape index (κ2) is 10.4. The molecule has 0 aliphatic carbocycles. The zero-order valence-corrected chi connectivity index (χ0v) is 14.2. The molecule has 0 radical (unpaired) electrons. The normalized spacial score (nSPS) is 18.7. The predicted octanol–water partition coefficient (Wildman–Crippen LogP) is 4.81. The highest BCUT2D eigenvalue weighted by atomic mass is 32.2. The van der Waals surface area contributed by atoms with Crippen molar-refractivity contribution in [2.45, 2.75) is 49.5 Å². The molecule has 0 amide bonds. The van der Waals surface area contributed by atoms with Crippen LogP contribution in [0.25, 0.3) is 0 Å². The van der Waals surface area contributed by atoms with Gasteiger partial charge >= 0.3 is 5.97 Å². The quantitative estimate of drug-likeness (QED) is 0.278. The summed E-state index contributed by atoms with van der Waals surface area (Å²) in [4.78, 5) is 11.3. The molecule has 1 rings (SSSR count). The van der Waals surface area contributed by atoms with Gasteiger partial charge < -0.3 is 4.74 Å². The van der Waals surface area contributed by atoms with E-state index in [1.807, 2.05) is 29.6 Å². The van der Waals surface area contributed by atoms with E-state index in [9.17, 15) is 4.79 Å². The van der Waals surface area contributed by atoms with Gasteiger partial charge in [0.15, 0.2) is 0 Å². The predicted molar refractivity (Wildman–Crippen MR) is 91.3 cm³/mol. The molecule has 1 heterocycles. The lowest BCUT2D eigenvalue weighted by atomic mass is 10.2. The minimum absolute atomic E-state index is 0.0215. The first-order valence-corrected chi connectivity index (χ1v) is 9.39. The van der Waals surface area contributed by atoms with Gasteiger partial charge in [0.2, 0.25) is 0 Å². The van der Waals surface area contributed by atoms with Crippen LogP contribution in [0, 0.1) is 0 Å². The molecule has 0 atom stereocenters. The molecular weight excluding hydrogens is 288 g/mol. The number of carbonyl (C=O) groups is 1. The van der Waals surface area contributed by atoms with E-state index in [4.69, 9.17) is 4.74 Å². The van der Waals surface area contributed by atoms with Crippen LogP contribution in [0.2, 0.25) is 0 Å². The first-order valence-electron chi connectivity index (χ1n) is 7.42. The third kappa shape index (κ3) is 6.89. The third-order valence-electron chi connectivity index (χ3n) is 3.20. The Bertz CT molecular complexity index is 331. The summed E-state index contributed by atoms with van der Waals surface area (Å²) in [6.45, 7) is 2.23. The molecule has 0 N–H and O–H groups in total. The fraction of sp³-hybridized carbons (Fsp3) is 0.688. The molecule has 2 nitrogen and oxygen atoms in total. The Kier molecular flexibility index (Phi) is 9.19. The van der Waals surface area contributed by atoms with Gasteiger partial charge in [-0.25, -0.2) is 4.79 Å². The van der Waals surface area contributed by atoms with E-state index >= 15 is 0 Å². The maximum absolute atomic E-state index is 11.3. The van der Waals surface area contributed by atoms with Crippen LogP contribution < -0.4 is 0 Å². The summed E-state index contributed by atoms with van der Waals surface area (Å²) in [7, 11) is 1.42. The van der Waals surface area contributed by atoms with Gasteiger partial charge in [-0.3, -0.25) is 0 Å². The molecule has 1 aliphatic rings. The molecule has 1 fully saturated rings. The van der Waals surface area contributed by atoms with Crippen molar-refractivity contribution in [1.82, 2.24) is 0 Å². The van der Waals surface area contributed by atoms with Crippen molar-refractivity contribution in [2.75, 3.05) is 18.6 Å². The van der Waals surface area contributed by atoms with Crippen LogP contribution in [0.4, 0.5) is 0 Å². The lowest BCUT2D eigenvalue weighted by molar-refractivity contribution is -0.134. The first-order chi connectivity index (χ1) is 9.72. The van der Waals surface area contributed by atoms with Gasteiger partial charge in [-0.1, -0.05) is 38.0 Å². The smallest absolute Gasteiger partial charge is 0.330 e. The topological polar surface area (TPSA) is 26.3 Å². The number of thioether (sulfide) groups is 2. The molecule has 0 aromatic rings. The Balaban J connectivity index is 2.50. The number of methoxy groups -OCH3 is 1. The summed E-state index contributed by atoms with van der Waals surface area (Å²) >= 11 is 3.90. The van der Waals surface area contributed by atoms with Gasteiger partial charge in [-0.2, -0.15) is 0 Å². The Morgan fingerprint density at radius 2 is 2.00 bits per heavy atom. The van der Waals surface area contributed by atoms with Crippen molar-refractivity contribution < 1.29 is 9.53 Å². The molecule has 0 aromatic carbocycles. The summed E-state index contributed by atoms with van der Waals surface area (Å²) in [5.41, 5.74) is 0. The molecule has 114 valence electrons. The Hall–Kier alpha value is -0.350.